The molecule has 21 heavy (non-hydrogen) atoms. The fourth-order valence-corrected chi connectivity index (χ4v) is 2.22. The molecule has 1 aromatic carbocycles. The Bertz CT molecular complexity index is 582. The monoisotopic (exact) mass is 290 g/mol. The summed E-state index contributed by atoms with van der Waals surface area (Å²) < 4.78 is 26.8. The van der Waals surface area contributed by atoms with Crippen LogP contribution in [0.15, 0.2) is 36.5 Å². The van der Waals surface area contributed by atoms with E-state index >= 15 is 0 Å². The first-order chi connectivity index (χ1) is 10.1. The first kappa shape index (κ1) is 15.6. The molecular formula is C17H20F2N2. The average molecular weight is 290 g/mol. The molecule has 2 aromatic rings. The Morgan fingerprint density at radius 1 is 1.19 bits per heavy atom. The number of halogens is 2. The van der Waals surface area contributed by atoms with Gasteiger partial charge < -0.3 is 5.32 Å². The van der Waals surface area contributed by atoms with E-state index in [0.717, 1.165) is 30.3 Å². The van der Waals surface area contributed by atoms with Crippen molar-refractivity contribution in [2.24, 2.45) is 0 Å². The van der Waals surface area contributed by atoms with Crippen LogP contribution in [0.3, 0.4) is 0 Å². The SMILES string of the molecule is CCCNC(Cc1ccc(F)cc1F)c1ccc(C)nc1. The Balaban J connectivity index is 2.21. The van der Waals surface area contributed by atoms with Crippen molar-refractivity contribution in [1.82, 2.24) is 10.3 Å². The highest BCUT2D eigenvalue weighted by Crippen LogP contribution is 2.20. The minimum Gasteiger partial charge on any atom is -0.310 e. The second-order valence-corrected chi connectivity index (χ2v) is 5.18. The minimum atomic E-state index is -0.550. The van der Waals surface area contributed by atoms with E-state index in [0.29, 0.717) is 12.0 Å². The van der Waals surface area contributed by atoms with E-state index in [1.165, 1.54) is 12.1 Å². The Labute approximate surface area is 124 Å². The van der Waals surface area contributed by atoms with Crippen LogP contribution in [0.4, 0.5) is 8.78 Å². The second kappa shape index (κ2) is 7.27. The van der Waals surface area contributed by atoms with Crippen molar-refractivity contribution < 1.29 is 8.78 Å². The molecule has 2 rings (SSSR count). The molecule has 112 valence electrons. The van der Waals surface area contributed by atoms with Crippen LogP contribution < -0.4 is 5.32 Å². The molecule has 0 aliphatic rings. The van der Waals surface area contributed by atoms with Crippen LogP contribution in [0, 0.1) is 18.6 Å². The first-order valence-electron chi connectivity index (χ1n) is 7.20. The summed E-state index contributed by atoms with van der Waals surface area (Å²) in [6.07, 6.45) is 3.27. The highest BCUT2D eigenvalue weighted by Gasteiger charge is 2.14. The number of benzene rings is 1. The number of nitrogens with zero attached hydrogens (tertiary/aromatic N) is 1. The lowest BCUT2D eigenvalue weighted by Gasteiger charge is -2.19. The molecule has 0 saturated heterocycles. The second-order valence-electron chi connectivity index (χ2n) is 5.18. The van der Waals surface area contributed by atoms with Gasteiger partial charge in [-0.2, -0.15) is 0 Å². The fourth-order valence-electron chi connectivity index (χ4n) is 2.22. The van der Waals surface area contributed by atoms with E-state index in [1.807, 2.05) is 25.3 Å². The zero-order valence-electron chi connectivity index (χ0n) is 12.4. The predicted molar refractivity (Wildman–Crippen MR) is 80.1 cm³/mol. The standard InChI is InChI=1S/C17H20F2N2/c1-3-8-20-17(14-5-4-12(2)21-11-14)9-13-6-7-15(18)10-16(13)19/h4-7,10-11,17,20H,3,8-9H2,1-2H3. The molecule has 0 aliphatic carbocycles. The van der Waals surface area contributed by atoms with Crippen molar-refractivity contribution in [2.45, 2.75) is 32.7 Å². The minimum absolute atomic E-state index is 0.0296. The quantitative estimate of drug-likeness (QED) is 0.871. The van der Waals surface area contributed by atoms with Gasteiger partial charge in [0, 0.05) is 24.0 Å². The number of hydrogen-bond donors (Lipinski definition) is 1. The average Bonchev–Trinajstić information content (AvgIpc) is 2.46. The van der Waals surface area contributed by atoms with Crippen LogP contribution in [-0.2, 0) is 6.42 Å². The molecule has 1 aromatic heterocycles. The van der Waals surface area contributed by atoms with Crippen LogP contribution in [0.5, 0.6) is 0 Å². The molecule has 2 nitrogen and oxygen atoms in total. The smallest absolute Gasteiger partial charge is 0.129 e. The van der Waals surface area contributed by atoms with Crippen molar-refractivity contribution >= 4 is 0 Å². The molecule has 0 radical (unpaired) electrons. The van der Waals surface area contributed by atoms with Crippen LogP contribution >= 0.6 is 0 Å². The third-order valence-electron chi connectivity index (χ3n) is 3.42. The number of aryl methyl sites for hydroxylation is 1. The normalized spacial score (nSPS) is 12.4. The van der Waals surface area contributed by atoms with Crippen LogP contribution in [-0.4, -0.2) is 11.5 Å². The topological polar surface area (TPSA) is 24.9 Å². The molecule has 0 aliphatic heterocycles. The van der Waals surface area contributed by atoms with Crippen molar-refractivity contribution in [1.29, 1.82) is 0 Å². The lowest BCUT2D eigenvalue weighted by atomic mass is 9.99. The highest BCUT2D eigenvalue weighted by molar-refractivity contribution is 5.24. The van der Waals surface area contributed by atoms with Crippen LogP contribution in [0.1, 0.15) is 36.2 Å². The lowest BCUT2D eigenvalue weighted by molar-refractivity contribution is 0.507. The molecular weight excluding hydrogens is 270 g/mol. The summed E-state index contributed by atoms with van der Waals surface area (Å²) in [5, 5.41) is 3.40. The number of pyridine rings is 1. The summed E-state index contributed by atoms with van der Waals surface area (Å²) in [6, 6.07) is 7.64. The maximum atomic E-state index is 13.8. The summed E-state index contributed by atoms with van der Waals surface area (Å²) in [4.78, 5) is 4.29. The van der Waals surface area contributed by atoms with Crippen LogP contribution in [0.25, 0.3) is 0 Å². The summed E-state index contributed by atoms with van der Waals surface area (Å²) in [5.74, 6) is -1.05. The zero-order valence-corrected chi connectivity index (χ0v) is 12.4. The Hall–Kier alpha value is -1.81. The number of rotatable bonds is 6. The molecule has 0 saturated carbocycles. The van der Waals surface area contributed by atoms with Gasteiger partial charge in [-0.3, -0.25) is 4.98 Å². The number of nitrogens with one attached hydrogen (secondary N) is 1. The molecule has 4 heteroatoms. The molecule has 0 bridgehead atoms. The molecule has 0 spiro atoms. The Morgan fingerprint density at radius 2 is 2.00 bits per heavy atom. The molecule has 1 unspecified atom stereocenters. The number of aromatic nitrogens is 1. The molecule has 1 atom stereocenters. The summed E-state index contributed by atoms with van der Waals surface area (Å²) >= 11 is 0. The molecule has 0 fully saturated rings. The van der Waals surface area contributed by atoms with Gasteiger partial charge in [0.15, 0.2) is 0 Å². The lowest BCUT2D eigenvalue weighted by Crippen LogP contribution is -2.24. The van der Waals surface area contributed by atoms with Gasteiger partial charge in [0.1, 0.15) is 11.6 Å². The van der Waals surface area contributed by atoms with E-state index in [-0.39, 0.29) is 6.04 Å². The van der Waals surface area contributed by atoms with Gasteiger partial charge in [-0.15, -0.1) is 0 Å². The summed E-state index contributed by atoms with van der Waals surface area (Å²) in [6.45, 7) is 4.84. The summed E-state index contributed by atoms with van der Waals surface area (Å²) in [5.41, 5.74) is 2.46. The highest BCUT2D eigenvalue weighted by atomic mass is 19.1. The van der Waals surface area contributed by atoms with Crippen molar-refractivity contribution in [3.63, 3.8) is 0 Å². The van der Waals surface area contributed by atoms with Gasteiger partial charge >= 0.3 is 0 Å². The zero-order chi connectivity index (χ0) is 15.2. The van der Waals surface area contributed by atoms with Gasteiger partial charge in [0.2, 0.25) is 0 Å². The van der Waals surface area contributed by atoms with Crippen molar-refractivity contribution in [2.75, 3.05) is 6.54 Å². The Kier molecular flexibility index (Phi) is 5.39. The van der Waals surface area contributed by atoms with Gasteiger partial charge in [0.05, 0.1) is 0 Å². The van der Waals surface area contributed by atoms with E-state index in [1.54, 1.807) is 0 Å². The largest absolute Gasteiger partial charge is 0.310 e. The Morgan fingerprint density at radius 3 is 2.62 bits per heavy atom. The van der Waals surface area contributed by atoms with E-state index in [9.17, 15) is 8.78 Å². The van der Waals surface area contributed by atoms with Crippen molar-refractivity contribution in [3.05, 3.63) is 65.0 Å². The molecule has 1 heterocycles. The fraction of sp³-hybridized carbons (Fsp3) is 0.353. The molecule has 0 amide bonds. The summed E-state index contributed by atoms with van der Waals surface area (Å²) in [7, 11) is 0. The van der Waals surface area contributed by atoms with E-state index in [2.05, 4.69) is 17.2 Å². The van der Waals surface area contributed by atoms with Gasteiger partial charge in [0.25, 0.3) is 0 Å². The van der Waals surface area contributed by atoms with Gasteiger partial charge in [-0.25, -0.2) is 8.78 Å². The third-order valence-corrected chi connectivity index (χ3v) is 3.42. The van der Waals surface area contributed by atoms with Crippen molar-refractivity contribution in [3.8, 4) is 0 Å². The predicted octanol–water partition coefficient (Wildman–Crippen LogP) is 3.95. The molecule has 1 N–H and O–H groups in total. The van der Waals surface area contributed by atoms with Gasteiger partial charge in [-0.05, 0) is 49.6 Å². The van der Waals surface area contributed by atoms with E-state index in [4.69, 9.17) is 0 Å². The first-order valence-corrected chi connectivity index (χ1v) is 7.20. The third kappa shape index (κ3) is 4.33. The van der Waals surface area contributed by atoms with E-state index < -0.39 is 11.6 Å². The van der Waals surface area contributed by atoms with Crippen LogP contribution in [0.2, 0.25) is 0 Å². The van der Waals surface area contributed by atoms with Gasteiger partial charge in [-0.1, -0.05) is 19.1 Å². The maximum absolute atomic E-state index is 13.8. The maximum Gasteiger partial charge on any atom is 0.129 e. The number of hydrogen-bond acceptors (Lipinski definition) is 2.